The summed E-state index contributed by atoms with van der Waals surface area (Å²) in [7, 11) is 0. The molecule has 0 aliphatic rings. The minimum Gasteiger partial charge on any atom is -0.253 e. The van der Waals surface area contributed by atoms with Gasteiger partial charge in [0.25, 0.3) is 0 Å². The van der Waals surface area contributed by atoms with Gasteiger partial charge in [0, 0.05) is 5.71 Å². The maximum Gasteiger partial charge on any atom is 0.123 e. The Bertz CT molecular complexity index is 833. The van der Waals surface area contributed by atoms with Crippen molar-refractivity contribution in [2.75, 3.05) is 0 Å². The first-order valence-corrected chi connectivity index (χ1v) is 7.61. The standard InChI is InChI=1S/C21H18FN/c1-15-14-20(22)12-13-21(15)23-16(2)17-8-10-19(11-9-17)18-6-4-3-5-7-18/h3-14H,1-2H3. The summed E-state index contributed by atoms with van der Waals surface area (Å²) < 4.78 is 13.2. The molecule has 0 atom stereocenters. The summed E-state index contributed by atoms with van der Waals surface area (Å²) in [5, 5.41) is 0. The number of nitrogens with zero attached hydrogens (tertiary/aromatic N) is 1. The van der Waals surface area contributed by atoms with Crippen molar-refractivity contribution < 1.29 is 4.39 Å². The number of benzene rings is 3. The summed E-state index contributed by atoms with van der Waals surface area (Å²) in [5.41, 5.74) is 6.00. The van der Waals surface area contributed by atoms with Crippen LogP contribution in [0.15, 0.2) is 77.8 Å². The monoisotopic (exact) mass is 303 g/mol. The van der Waals surface area contributed by atoms with Gasteiger partial charge in [-0.3, -0.25) is 4.99 Å². The molecule has 0 aliphatic heterocycles. The predicted molar refractivity (Wildman–Crippen MR) is 94.9 cm³/mol. The fraction of sp³-hybridized carbons (Fsp3) is 0.0952. The SMILES string of the molecule is CC(=Nc1ccc(F)cc1C)c1ccc(-c2ccccc2)cc1. The van der Waals surface area contributed by atoms with Crippen LogP contribution in [-0.2, 0) is 0 Å². The summed E-state index contributed by atoms with van der Waals surface area (Å²) in [6, 6.07) is 23.3. The van der Waals surface area contributed by atoms with E-state index in [1.165, 1.54) is 23.3 Å². The van der Waals surface area contributed by atoms with Gasteiger partial charge in [0.15, 0.2) is 0 Å². The number of halogens is 1. The van der Waals surface area contributed by atoms with Gasteiger partial charge in [-0.25, -0.2) is 4.39 Å². The largest absolute Gasteiger partial charge is 0.253 e. The van der Waals surface area contributed by atoms with Crippen molar-refractivity contribution in [3.63, 3.8) is 0 Å². The zero-order valence-electron chi connectivity index (χ0n) is 13.3. The molecule has 0 saturated heterocycles. The van der Waals surface area contributed by atoms with Gasteiger partial charge in [-0.2, -0.15) is 0 Å². The van der Waals surface area contributed by atoms with Crippen LogP contribution in [0.4, 0.5) is 10.1 Å². The first-order valence-electron chi connectivity index (χ1n) is 7.61. The second-order valence-corrected chi connectivity index (χ2v) is 5.57. The Hall–Kier alpha value is -2.74. The lowest BCUT2D eigenvalue weighted by molar-refractivity contribution is 0.627. The fourth-order valence-corrected chi connectivity index (χ4v) is 2.52. The van der Waals surface area contributed by atoms with Crippen LogP contribution in [0.5, 0.6) is 0 Å². The van der Waals surface area contributed by atoms with Gasteiger partial charge in [0.2, 0.25) is 0 Å². The van der Waals surface area contributed by atoms with Gasteiger partial charge in [-0.1, -0.05) is 54.6 Å². The third kappa shape index (κ3) is 3.54. The van der Waals surface area contributed by atoms with Crippen molar-refractivity contribution in [1.82, 2.24) is 0 Å². The molecule has 114 valence electrons. The number of rotatable bonds is 3. The molecule has 1 nitrogen and oxygen atoms in total. The van der Waals surface area contributed by atoms with Gasteiger partial charge in [0.05, 0.1) is 5.69 Å². The zero-order valence-corrected chi connectivity index (χ0v) is 13.3. The van der Waals surface area contributed by atoms with Crippen LogP contribution in [0.2, 0.25) is 0 Å². The van der Waals surface area contributed by atoms with E-state index in [0.29, 0.717) is 0 Å². The summed E-state index contributed by atoms with van der Waals surface area (Å²) in [4.78, 5) is 4.62. The van der Waals surface area contributed by atoms with E-state index in [0.717, 1.165) is 22.5 Å². The molecule has 3 rings (SSSR count). The third-order valence-electron chi connectivity index (χ3n) is 3.86. The number of aryl methyl sites for hydroxylation is 1. The molecule has 0 aromatic heterocycles. The first kappa shape index (κ1) is 15.2. The minimum absolute atomic E-state index is 0.230. The van der Waals surface area contributed by atoms with Crippen molar-refractivity contribution in [3.05, 3.63) is 89.7 Å². The summed E-state index contributed by atoms with van der Waals surface area (Å²) in [5.74, 6) is -0.230. The molecular weight excluding hydrogens is 285 g/mol. The minimum atomic E-state index is -0.230. The van der Waals surface area contributed by atoms with Gasteiger partial charge in [-0.15, -0.1) is 0 Å². The number of aliphatic imine (C=N–C) groups is 1. The molecule has 0 saturated carbocycles. The smallest absolute Gasteiger partial charge is 0.123 e. The van der Waals surface area contributed by atoms with Crippen LogP contribution < -0.4 is 0 Å². The van der Waals surface area contributed by atoms with Crippen LogP contribution in [0.1, 0.15) is 18.1 Å². The molecule has 23 heavy (non-hydrogen) atoms. The summed E-state index contributed by atoms with van der Waals surface area (Å²) >= 11 is 0. The van der Waals surface area contributed by atoms with Crippen LogP contribution in [0.25, 0.3) is 11.1 Å². The molecule has 3 aromatic carbocycles. The summed E-state index contributed by atoms with van der Waals surface area (Å²) in [6.45, 7) is 3.84. The Morgan fingerprint density at radius 3 is 2.13 bits per heavy atom. The average molecular weight is 303 g/mol. The van der Waals surface area contributed by atoms with Gasteiger partial charge in [-0.05, 0) is 54.3 Å². The van der Waals surface area contributed by atoms with E-state index < -0.39 is 0 Å². The highest BCUT2D eigenvalue weighted by Gasteiger charge is 2.03. The Labute approximate surface area is 136 Å². The van der Waals surface area contributed by atoms with E-state index >= 15 is 0 Å². The van der Waals surface area contributed by atoms with E-state index in [2.05, 4.69) is 41.4 Å². The molecule has 0 unspecified atom stereocenters. The molecule has 0 bridgehead atoms. The maximum absolute atomic E-state index is 13.2. The molecule has 3 aromatic rings. The third-order valence-corrected chi connectivity index (χ3v) is 3.86. The van der Waals surface area contributed by atoms with Crippen molar-refractivity contribution in [2.45, 2.75) is 13.8 Å². The van der Waals surface area contributed by atoms with Crippen LogP contribution in [0, 0.1) is 12.7 Å². The van der Waals surface area contributed by atoms with E-state index in [4.69, 9.17) is 0 Å². The molecule has 0 heterocycles. The van der Waals surface area contributed by atoms with Gasteiger partial charge in [0.1, 0.15) is 5.82 Å². The molecule has 0 amide bonds. The Balaban J connectivity index is 1.88. The van der Waals surface area contributed by atoms with E-state index in [9.17, 15) is 4.39 Å². The van der Waals surface area contributed by atoms with Crippen LogP contribution >= 0.6 is 0 Å². The lowest BCUT2D eigenvalue weighted by Crippen LogP contribution is -1.94. The second kappa shape index (κ2) is 6.57. The highest BCUT2D eigenvalue weighted by Crippen LogP contribution is 2.22. The maximum atomic E-state index is 13.2. The second-order valence-electron chi connectivity index (χ2n) is 5.57. The lowest BCUT2D eigenvalue weighted by atomic mass is 10.0. The van der Waals surface area contributed by atoms with Gasteiger partial charge < -0.3 is 0 Å². The molecule has 0 spiro atoms. The Morgan fingerprint density at radius 1 is 0.826 bits per heavy atom. The van der Waals surface area contributed by atoms with E-state index in [1.807, 2.05) is 32.0 Å². The molecular formula is C21H18FN. The predicted octanol–water partition coefficient (Wildman–Crippen LogP) is 5.94. The molecule has 0 radical (unpaired) electrons. The van der Waals surface area contributed by atoms with Crippen LogP contribution in [-0.4, -0.2) is 5.71 Å². The average Bonchev–Trinajstić information content (AvgIpc) is 2.58. The normalized spacial score (nSPS) is 11.5. The highest BCUT2D eigenvalue weighted by molar-refractivity contribution is 6.00. The lowest BCUT2D eigenvalue weighted by Gasteiger charge is -2.06. The molecule has 2 heteroatoms. The van der Waals surface area contributed by atoms with Crippen LogP contribution in [0.3, 0.4) is 0 Å². The Morgan fingerprint density at radius 2 is 1.48 bits per heavy atom. The van der Waals surface area contributed by atoms with Crippen molar-refractivity contribution in [1.29, 1.82) is 0 Å². The van der Waals surface area contributed by atoms with Crippen molar-refractivity contribution in [2.24, 2.45) is 4.99 Å². The molecule has 0 N–H and O–H groups in total. The Kier molecular flexibility index (Phi) is 4.33. The number of hydrogen-bond acceptors (Lipinski definition) is 1. The highest BCUT2D eigenvalue weighted by atomic mass is 19.1. The van der Waals surface area contributed by atoms with Crippen molar-refractivity contribution >= 4 is 11.4 Å². The summed E-state index contributed by atoms with van der Waals surface area (Å²) in [6.07, 6.45) is 0. The van der Waals surface area contributed by atoms with Crippen molar-refractivity contribution in [3.8, 4) is 11.1 Å². The van der Waals surface area contributed by atoms with Gasteiger partial charge >= 0.3 is 0 Å². The number of hydrogen-bond donors (Lipinski definition) is 0. The van der Waals surface area contributed by atoms with E-state index in [1.54, 1.807) is 6.07 Å². The first-order chi connectivity index (χ1) is 11.1. The molecule has 0 aliphatic carbocycles. The quantitative estimate of drug-likeness (QED) is 0.531. The topological polar surface area (TPSA) is 12.4 Å². The molecule has 0 fully saturated rings. The zero-order chi connectivity index (χ0) is 16.2. The fourth-order valence-electron chi connectivity index (χ4n) is 2.52. The van der Waals surface area contributed by atoms with E-state index in [-0.39, 0.29) is 5.82 Å².